The van der Waals surface area contributed by atoms with Crippen molar-refractivity contribution in [2.75, 3.05) is 0 Å². The zero-order chi connectivity index (χ0) is 13.6. The van der Waals surface area contributed by atoms with Crippen molar-refractivity contribution in [1.82, 2.24) is 9.38 Å². The summed E-state index contributed by atoms with van der Waals surface area (Å²) in [6.45, 7) is 1.91. The van der Waals surface area contributed by atoms with E-state index in [9.17, 15) is 9.59 Å². The molecule has 4 nitrogen and oxygen atoms in total. The smallest absolute Gasteiger partial charge is 0.265 e. The van der Waals surface area contributed by atoms with E-state index in [0.717, 1.165) is 5.56 Å². The lowest BCUT2D eigenvalue weighted by Crippen LogP contribution is -2.16. The minimum absolute atomic E-state index is 0.205. The van der Waals surface area contributed by atoms with Gasteiger partial charge in [-0.2, -0.15) is 0 Å². The van der Waals surface area contributed by atoms with Crippen LogP contribution in [0.2, 0.25) is 0 Å². The molecule has 3 rings (SSSR count). The van der Waals surface area contributed by atoms with Crippen LogP contribution in [0.3, 0.4) is 0 Å². The molecule has 0 saturated carbocycles. The Morgan fingerprint density at radius 2 is 2.05 bits per heavy atom. The van der Waals surface area contributed by atoms with Crippen LogP contribution in [0.25, 0.3) is 16.6 Å². The second-order valence-electron chi connectivity index (χ2n) is 4.36. The third-order valence-corrected chi connectivity index (χ3v) is 3.21. The molecular formula is C14H9ClN2O2. The first-order valence-electron chi connectivity index (χ1n) is 5.69. The molecule has 19 heavy (non-hydrogen) atoms. The second-order valence-corrected chi connectivity index (χ2v) is 4.70. The van der Waals surface area contributed by atoms with E-state index in [0.29, 0.717) is 16.6 Å². The van der Waals surface area contributed by atoms with E-state index >= 15 is 0 Å². The zero-order valence-electron chi connectivity index (χ0n) is 10.1. The quantitative estimate of drug-likeness (QED) is 0.505. The highest BCUT2D eigenvalue weighted by Gasteiger charge is 2.08. The van der Waals surface area contributed by atoms with Gasteiger partial charge in [0.05, 0.1) is 16.5 Å². The molecule has 0 spiro atoms. The van der Waals surface area contributed by atoms with Gasteiger partial charge >= 0.3 is 0 Å². The maximum absolute atomic E-state index is 12.4. The topological polar surface area (TPSA) is 51.4 Å². The van der Waals surface area contributed by atoms with Gasteiger partial charge in [0.25, 0.3) is 10.8 Å². The summed E-state index contributed by atoms with van der Waals surface area (Å²) in [6.07, 6.45) is 1.42. The molecule has 0 amide bonds. The van der Waals surface area contributed by atoms with Gasteiger partial charge in [-0.05, 0) is 42.8 Å². The molecule has 0 aliphatic heterocycles. The number of nitrogens with zero attached hydrogens (tertiary/aromatic N) is 2. The van der Waals surface area contributed by atoms with Crippen LogP contribution in [0, 0.1) is 6.92 Å². The fourth-order valence-electron chi connectivity index (χ4n) is 2.03. The van der Waals surface area contributed by atoms with Gasteiger partial charge in [0.2, 0.25) is 0 Å². The molecule has 0 aliphatic carbocycles. The summed E-state index contributed by atoms with van der Waals surface area (Å²) in [7, 11) is 0. The summed E-state index contributed by atoms with van der Waals surface area (Å²) in [5.74, 6) is 0. The van der Waals surface area contributed by atoms with Crippen LogP contribution >= 0.6 is 11.6 Å². The van der Waals surface area contributed by atoms with Crippen molar-refractivity contribution in [1.29, 1.82) is 0 Å². The monoisotopic (exact) mass is 272 g/mol. The molecule has 0 N–H and O–H groups in total. The highest BCUT2D eigenvalue weighted by atomic mass is 35.5. The van der Waals surface area contributed by atoms with Crippen LogP contribution in [0.4, 0.5) is 0 Å². The lowest BCUT2D eigenvalue weighted by molar-refractivity contribution is 0.108. The second kappa shape index (κ2) is 4.17. The van der Waals surface area contributed by atoms with Gasteiger partial charge < -0.3 is 0 Å². The van der Waals surface area contributed by atoms with Gasteiger partial charge in [-0.1, -0.05) is 11.6 Å². The SMILES string of the molecule is Cc1ccc2nc3ccc(C(=O)Cl)cn3c(=O)c2c1. The Morgan fingerprint density at radius 3 is 2.79 bits per heavy atom. The largest absolute Gasteiger partial charge is 0.276 e. The third-order valence-electron chi connectivity index (χ3n) is 2.99. The van der Waals surface area contributed by atoms with Crippen molar-refractivity contribution in [2.24, 2.45) is 0 Å². The van der Waals surface area contributed by atoms with Crippen LogP contribution in [-0.4, -0.2) is 14.6 Å². The molecule has 0 saturated heterocycles. The van der Waals surface area contributed by atoms with E-state index in [2.05, 4.69) is 4.98 Å². The Morgan fingerprint density at radius 1 is 1.26 bits per heavy atom. The lowest BCUT2D eigenvalue weighted by atomic mass is 10.1. The standard InChI is InChI=1S/C14H9ClN2O2/c1-8-2-4-11-10(6-8)14(19)17-7-9(13(15)18)3-5-12(17)16-11/h2-7H,1H3. The van der Waals surface area contributed by atoms with E-state index < -0.39 is 5.24 Å². The van der Waals surface area contributed by atoms with Crippen LogP contribution in [0.5, 0.6) is 0 Å². The highest BCUT2D eigenvalue weighted by molar-refractivity contribution is 6.67. The zero-order valence-corrected chi connectivity index (χ0v) is 10.8. The first kappa shape index (κ1) is 11.9. The minimum Gasteiger partial charge on any atom is -0.276 e. The molecule has 0 atom stereocenters. The summed E-state index contributed by atoms with van der Waals surface area (Å²) in [4.78, 5) is 27.9. The van der Waals surface area contributed by atoms with E-state index in [1.807, 2.05) is 19.1 Å². The van der Waals surface area contributed by atoms with Crippen LogP contribution in [-0.2, 0) is 0 Å². The Balaban J connectivity index is 2.48. The molecule has 0 radical (unpaired) electrons. The average Bonchev–Trinajstić information content (AvgIpc) is 2.39. The number of aromatic nitrogens is 2. The summed E-state index contributed by atoms with van der Waals surface area (Å²) in [5.41, 5.74) is 2.17. The highest BCUT2D eigenvalue weighted by Crippen LogP contribution is 2.13. The van der Waals surface area contributed by atoms with Crippen LogP contribution in [0.15, 0.2) is 41.3 Å². The molecule has 2 aromatic heterocycles. The van der Waals surface area contributed by atoms with Gasteiger partial charge in [-0.25, -0.2) is 4.98 Å². The Hall–Kier alpha value is -2.20. The van der Waals surface area contributed by atoms with Crippen molar-refractivity contribution >= 4 is 33.4 Å². The van der Waals surface area contributed by atoms with Crippen molar-refractivity contribution in [3.8, 4) is 0 Å². The number of hydrogen-bond donors (Lipinski definition) is 0. The normalized spacial score (nSPS) is 11.1. The molecule has 3 aromatic rings. The summed E-state index contributed by atoms with van der Waals surface area (Å²) < 4.78 is 1.34. The molecule has 2 heterocycles. The fraction of sp³-hybridized carbons (Fsp3) is 0.0714. The fourth-order valence-corrected chi connectivity index (χ4v) is 2.15. The summed E-state index contributed by atoms with van der Waals surface area (Å²) in [6, 6.07) is 8.66. The van der Waals surface area contributed by atoms with Crippen LogP contribution in [0.1, 0.15) is 15.9 Å². The predicted octanol–water partition coefficient (Wildman–Crippen LogP) is 2.54. The number of rotatable bonds is 1. The van der Waals surface area contributed by atoms with Gasteiger partial charge in [-0.15, -0.1) is 0 Å². The Labute approximate surface area is 113 Å². The molecule has 94 valence electrons. The summed E-state index contributed by atoms with van der Waals surface area (Å²) >= 11 is 5.42. The number of carbonyl (C=O) groups is 1. The molecule has 0 bridgehead atoms. The number of pyridine rings is 1. The predicted molar refractivity (Wildman–Crippen MR) is 73.9 cm³/mol. The maximum atomic E-state index is 12.4. The Bertz CT molecular complexity index is 884. The molecule has 0 aliphatic rings. The molecule has 0 unspecified atom stereocenters. The first-order valence-corrected chi connectivity index (χ1v) is 6.07. The number of aryl methyl sites for hydroxylation is 1. The van der Waals surface area contributed by atoms with E-state index in [-0.39, 0.29) is 11.1 Å². The molecule has 0 fully saturated rings. The number of benzene rings is 1. The number of fused-ring (bicyclic) bond motifs is 2. The summed E-state index contributed by atoms with van der Waals surface area (Å²) in [5, 5.41) is -0.0742. The number of halogens is 1. The first-order chi connectivity index (χ1) is 9.06. The van der Waals surface area contributed by atoms with E-state index in [1.54, 1.807) is 18.2 Å². The third kappa shape index (κ3) is 1.90. The van der Waals surface area contributed by atoms with E-state index in [4.69, 9.17) is 11.6 Å². The molecular weight excluding hydrogens is 264 g/mol. The molecule has 1 aromatic carbocycles. The molecule has 5 heteroatoms. The minimum atomic E-state index is -0.599. The van der Waals surface area contributed by atoms with Gasteiger partial charge in [0.1, 0.15) is 5.65 Å². The van der Waals surface area contributed by atoms with Crippen molar-refractivity contribution in [2.45, 2.75) is 6.92 Å². The van der Waals surface area contributed by atoms with Crippen LogP contribution < -0.4 is 5.56 Å². The van der Waals surface area contributed by atoms with Crippen molar-refractivity contribution < 1.29 is 4.79 Å². The average molecular weight is 273 g/mol. The van der Waals surface area contributed by atoms with Crippen molar-refractivity contribution in [3.05, 3.63) is 58.0 Å². The lowest BCUT2D eigenvalue weighted by Gasteiger charge is -2.04. The number of hydrogen-bond acceptors (Lipinski definition) is 3. The van der Waals surface area contributed by atoms with Gasteiger partial charge in [0, 0.05) is 6.20 Å². The van der Waals surface area contributed by atoms with Gasteiger partial charge in [-0.3, -0.25) is 14.0 Å². The van der Waals surface area contributed by atoms with E-state index in [1.165, 1.54) is 10.6 Å². The van der Waals surface area contributed by atoms with Crippen molar-refractivity contribution in [3.63, 3.8) is 0 Å². The van der Waals surface area contributed by atoms with Gasteiger partial charge in [0.15, 0.2) is 0 Å². The maximum Gasteiger partial charge on any atom is 0.265 e. The Kier molecular flexibility index (Phi) is 2.61. The number of carbonyl (C=O) groups excluding carboxylic acids is 1.